The molecule has 1 nitrogen and oxygen atoms in total. The van der Waals surface area contributed by atoms with E-state index in [2.05, 4.69) is 0 Å². The fourth-order valence-corrected chi connectivity index (χ4v) is 1.95. The van der Waals surface area contributed by atoms with Crippen molar-refractivity contribution in [1.82, 2.24) is 0 Å². The van der Waals surface area contributed by atoms with Crippen LogP contribution in [0.5, 0.6) is 0 Å². The maximum atomic E-state index is 13.4. The summed E-state index contributed by atoms with van der Waals surface area (Å²) in [5.41, 5.74) is 0. The van der Waals surface area contributed by atoms with E-state index in [9.17, 15) is 105 Å². The zero-order valence-electron chi connectivity index (χ0n) is 15.6. The van der Waals surface area contributed by atoms with E-state index in [0.717, 1.165) is 0 Å². The van der Waals surface area contributed by atoms with Crippen molar-refractivity contribution in [2.45, 2.75) is 71.8 Å². The van der Waals surface area contributed by atoms with Gasteiger partial charge in [0.2, 0.25) is 0 Å². The highest BCUT2D eigenvalue weighted by atomic mass is 19.4. The van der Waals surface area contributed by atoms with Gasteiger partial charge in [-0.25, -0.2) is 4.39 Å². The zero-order chi connectivity index (χ0) is 31.1. The van der Waals surface area contributed by atoms with Crippen LogP contribution in [0.15, 0.2) is 0 Å². The van der Waals surface area contributed by atoms with Gasteiger partial charge in [-0.05, 0) is 0 Å². The quantitative estimate of drug-likeness (QED) is 0.257. The summed E-state index contributed by atoms with van der Waals surface area (Å²) in [4.78, 5) is 0. The Balaban J connectivity index is 7.17. The first-order valence-corrected chi connectivity index (χ1v) is 7.62. The molecule has 0 aromatic rings. The Morgan fingerprint density at radius 1 is 0.324 bits per heavy atom. The molecule has 0 aliphatic carbocycles. The Labute approximate surface area is 184 Å². The van der Waals surface area contributed by atoms with Crippen LogP contribution < -0.4 is 0 Å². The van der Waals surface area contributed by atoms with E-state index in [1.807, 2.05) is 0 Å². The SMILES string of the molecule is OC(F)(F)C(F)C(F)(F)C(F)(F)C(F)(F)C(F)(F)C(F)(F)C(F)(F)C(F)(F)C(F)(F)C(F)(F)C(F)(F)F. The molecule has 0 radical (unpaired) electrons. The summed E-state index contributed by atoms with van der Waals surface area (Å²) in [6.45, 7) is 0. The minimum Gasteiger partial charge on any atom is -0.334 e. The molecule has 1 atom stereocenters. The first kappa shape index (κ1) is 35.3. The first-order valence-electron chi connectivity index (χ1n) is 7.62. The van der Waals surface area contributed by atoms with Gasteiger partial charge < -0.3 is 5.11 Å². The van der Waals surface area contributed by atoms with Crippen molar-refractivity contribution < 1.29 is 110 Å². The molecule has 0 heterocycles. The minimum atomic E-state index is -9.48. The van der Waals surface area contributed by atoms with E-state index >= 15 is 0 Å². The van der Waals surface area contributed by atoms with Crippen molar-refractivity contribution in [1.29, 1.82) is 0 Å². The number of aliphatic hydroxyl groups is 1. The van der Waals surface area contributed by atoms with Crippen LogP contribution in [-0.4, -0.2) is 76.9 Å². The average Bonchev–Trinajstić information content (AvgIpc) is 2.64. The lowest BCUT2D eigenvalue weighted by molar-refractivity contribution is -0.477. The molecule has 0 spiro atoms. The first-order chi connectivity index (χ1) is 15.4. The molecule has 0 rings (SSSR count). The second-order valence-electron chi connectivity index (χ2n) is 6.67. The normalized spacial score (nSPS) is 17.8. The molecular weight excluding hydrogens is 616 g/mol. The smallest absolute Gasteiger partial charge is 0.334 e. The molecule has 0 fully saturated rings. The molecule has 0 saturated carbocycles. The van der Waals surface area contributed by atoms with Crippen LogP contribution >= 0.6 is 0 Å². The van der Waals surface area contributed by atoms with Gasteiger partial charge in [0.05, 0.1) is 0 Å². The largest absolute Gasteiger partial charge is 0.460 e. The molecule has 0 aromatic heterocycles. The summed E-state index contributed by atoms with van der Waals surface area (Å²) in [5.74, 6) is -81.7. The molecule has 0 aromatic carbocycles. The maximum absolute atomic E-state index is 13.4. The molecule has 224 valence electrons. The third-order valence-electron chi connectivity index (χ3n) is 4.16. The van der Waals surface area contributed by atoms with Crippen LogP contribution in [0, 0.1) is 0 Å². The van der Waals surface area contributed by atoms with E-state index < -0.39 is 71.8 Å². The Kier molecular flexibility index (Phi) is 8.00. The Morgan fingerprint density at radius 2 is 0.514 bits per heavy atom. The molecule has 1 unspecified atom stereocenters. The molecule has 0 aliphatic rings. The van der Waals surface area contributed by atoms with Crippen molar-refractivity contribution in [3.8, 4) is 0 Å². The summed E-state index contributed by atoms with van der Waals surface area (Å²) in [6, 6.07) is 0. The minimum absolute atomic E-state index is 6.51. The van der Waals surface area contributed by atoms with Crippen LogP contribution in [0.1, 0.15) is 0 Å². The van der Waals surface area contributed by atoms with Gasteiger partial charge in [0, 0.05) is 0 Å². The van der Waals surface area contributed by atoms with E-state index in [-0.39, 0.29) is 0 Å². The van der Waals surface area contributed by atoms with Gasteiger partial charge in [-0.2, -0.15) is 101 Å². The lowest BCUT2D eigenvalue weighted by atomic mass is 9.85. The number of alkyl halides is 24. The predicted octanol–water partition coefficient (Wildman–Crippen LogP) is 7.19. The molecule has 0 saturated heterocycles. The van der Waals surface area contributed by atoms with Crippen molar-refractivity contribution in [2.24, 2.45) is 0 Å². The van der Waals surface area contributed by atoms with Gasteiger partial charge in [0.1, 0.15) is 0 Å². The Morgan fingerprint density at radius 3 is 0.703 bits per heavy atom. The number of halogens is 24. The van der Waals surface area contributed by atoms with Crippen LogP contribution in [0.2, 0.25) is 0 Å². The van der Waals surface area contributed by atoms with Crippen molar-refractivity contribution in [3.05, 3.63) is 0 Å². The van der Waals surface area contributed by atoms with E-state index in [4.69, 9.17) is 5.11 Å². The van der Waals surface area contributed by atoms with E-state index in [1.54, 1.807) is 0 Å². The van der Waals surface area contributed by atoms with Crippen LogP contribution in [-0.2, 0) is 0 Å². The van der Waals surface area contributed by atoms with Gasteiger partial charge in [-0.3, -0.25) is 0 Å². The van der Waals surface area contributed by atoms with Gasteiger partial charge in [0.15, 0.2) is 0 Å². The second-order valence-corrected chi connectivity index (χ2v) is 6.67. The van der Waals surface area contributed by atoms with E-state index in [0.29, 0.717) is 0 Å². The highest BCUT2D eigenvalue weighted by Gasteiger charge is 2.98. The summed E-state index contributed by atoms with van der Waals surface area (Å²) in [5, 5.41) is 7.51. The molecule has 0 bridgehead atoms. The van der Waals surface area contributed by atoms with Gasteiger partial charge >= 0.3 is 65.6 Å². The van der Waals surface area contributed by atoms with Crippen molar-refractivity contribution in [2.75, 3.05) is 0 Å². The second kappa shape index (κ2) is 8.39. The third-order valence-corrected chi connectivity index (χ3v) is 4.16. The van der Waals surface area contributed by atoms with E-state index in [1.165, 1.54) is 0 Å². The summed E-state index contributed by atoms with van der Waals surface area (Å²) in [6.07, 6.45) is -21.6. The predicted molar refractivity (Wildman–Crippen MR) is 62.6 cm³/mol. The lowest BCUT2D eigenvalue weighted by Crippen LogP contribution is -2.77. The monoisotopic (exact) mass is 618 g/mol. The molecule has 37 heavy (non-hydrogen) atoms. The lowest BCUT2D eigenvalue weighted by Gasteiger charge is -2.44. The van der Waals surface area contributed by atoms with Gasteiger partial charge in [0.25, 0.3) is 6.17 Å². The number of hydrogen-bond donors (Lipinski definition) is 1. The maximum Gasteiger partial charge on any atom is 0.460 e. The van der Waals surface area contributed by atoms with Crippen molar-refractivity contribution in [3.63, 3.8) is 0 Å². The van der Waals surface area contributed by atoms with Gasteiger partial charge in [-0.15, -0.1) is 0 Å². The molecular formula is C12H2F24O. The number of hydrogen-bond acceptors (Lipinski definition) is 1. The Hall–Kier alpha value is -1.72. The molecule has 25 heteroatoms. The molecule has 1 N–H and O–H groups in total. The zero-order valence-corrected chi connectivity index (χ0v) is 15.6. The van der Waals surface area contributed by atoms with Crippen LogP contribution in [0.4, 0.5) is 105 Å². The number of rotatable bonds is 10. The molecule has 0 aliphatic heterocycles. The van der Waals surface area contributed by atoms with Crippen LogP contribution in [0.3, 0.4) is 0 Å². The van der Waals surface area contributed by atoms with Crippen LogP contribution in [0.25, 0.3) is 0 Å². The fraction of sp³-hybridized carbons (Fsp3) is 1.00. The fourth-order valence-electron chi connectivity index (χ4n) is 1.95. The van der Waals surface area contributed by atoms with Gasteiger partial charge in [-0.1, -0.05) is 0 Å². The summed E-state index contributed by atoms with van der Waals surface area (Å²) in [7, 11) is 0. The van der Waals surface area contributed by atoms with Crippen molar-refractivity contribution >= 4 is 0 Å². The standard InChI is InChI=1S/C12H2F24O/c13-1(3(16,17)37)2(14,15)4(18,19)5(20,21)6(22,23)7(24,25)8(26,27)9(28,29)10(30,31)11(32,33)12(34,35)36/h1,37H. The highest BCUT2D eigenvalue weighted by Crippen LogP contribution is 2.66. The molecule has 0 amide bonds. The average molecular weight is 618 g/mol. The third kappa shape index (κ3) is 4.29. The summed E-state index contributed by atoms with van der Waals surface area (Å²) < 4.78 is 309. The highest BCUT2D eigenvalue weighted by molar-refractivity contribution is 5.18. The topological polar surface area (TPSA) is 20.2 Å². The summed E-state index contributed by atoms with van der Waals surface area (Å²) >= 11 is 0. The Bertz CT molecular complexity index is 828.